The van der Waals surface area contributed by atoms with Crippen LogP contribution in [0, 0.1) is 0 Å². The van der Waals surface area contributed by atoms with Gasteiger partial charge >= 0.3 is 0 Å². The van der Waals surface area contributed by atoms with Gasteiger partial charge in [0.05, 0.1) is 26.4 Å². The van der Waals surface area contributed by atoms with Crippen LogP contribution in [0.4, 0.5) is 0 Å². The molecule has 0 spiro atoms. The van der Waals surface area contributed by atoms with Crippen LogP contribution < -0.4 is 10.6 Å². The van der Waals surface area contributed by atoms with E-state index in [2.05, 4.69) is 10.6 Å². The quantitative estimate of drug-likeness (QED) is 0.223. The molecule has 0 bridgehead atoms. The largest absolute Gasteiger partial charge is 0.504 e. The molecule has 0 heterocycles. The fraction of sp³-hybridized carbons (Fsp3) is 0.400. The van der Waals surface area contributed by atoms with Crippen molar-refractivity contribution in [2.75, 3.05) is 39.5 Å². The zero-order valence-corrected chi connectivity index (χ0v) is 15.7. The van der Waals surface area contributed by atoms with Gasteiger partial charge in [0.15, 0.2) is 23.0 Å². The molecule has 0 unspecified atom stereocenters. The summed E-state index contributed by atoms with van der Waals surface area (Å²) in [6.07, 6.45) is 0. The van der Waals surface area contributed by atoms with Crippen molar-refractivity contribution in [3.63, 3.8) is 0 Å². The molecule has 2 aromatic rings. The molecule has 2 rings (SSSR count). The molecule has 8 heteroatoms. The first-order chi connectivity index (χ1) is 13.6. The van der Waals surface area contributed by atoms with E-state index in [1.165, 1.54) is 12.1 Å². The maximum atomic E-state index is 9.68. The van der Waals surface area contributed by atoms with E-state index in [-0.39, 0.29) is 23.0 Å². The third kappa shape index (κ3) is 7.24. The molecule has 0 aromatic heterocycles. The third-order valence-corrected chi connectivity index (χ3v) is 4.05. The molecular formula is C20H28N2O6. The van der Waals surface area contributed by atoms with E-state index in [0.29, 0.717) is 63.7 Å². The number of hydrogen-bond acceptors (Lipinski definition) is 8. The van der Waals surface area contributed by atoms with Crippen LogP contribution in [0.25, 0.3) is 0 Å². The second kappa shape index (κ2) is 12.0. The van der Waals surface area contributed by atoms with E-state index in [1.54, 1.807) is 24.3 Å². The number of rotatable bonds is 13. The summed E-state index contributed by atoms with van der Waals surface area (Å²) in [7, 11) is 0. The van der Waals surface area contributed by atoms with E-state index in [9.17, 15) is 20.4 Å². The van der Waals surface area contributed by atoms with Gasteiger partial charge in [0.1, 0.15) is 0 Å². The molecule has 0 radical (unpaired) electrons. The highest BCUT2D eigenvalue weighted by molar-refractivity contribution is 5.44. The average Bonchev–Trinajstić information content (AvgIpc) is 2.69. The first-order valence-electron chi connectivity index (χ1n) is 9.16. The standard InChI is InChI=1S/C20H28N2O6/c23-17-5-1-3-15(19(17)25)13-21-7-9-27-11-12-28-10-8-22-14-16-4-2-6-18(24)20(16)26/h1-6,21-26H,7-14H2. The van der Waals surface area contributed by atoms with Gasteiger partial charge in [0, 0.05) is 37.3 Å². The van der Waals surface area contributed by atoms with Gasteiger partial charge in [-0.1, -0.05) is 24.3 Å². The first kappa shape index (κ1) is 21.8. The van der Waals surface area contributed by atoms with E-state index >= 15 is 0 Å². The normalized spacial score (nSPS) is 11.0. The van der Waals surface area contributed by atoms with Gasteiger partial charge in [-0.05, 0) is 12.1 Å². The molecule has 6 N–H and O–H groups in total. The van der Waals surface area contributed by atoms with Crippen LogP contribution in [0.3, 0.4) is 0 Å². The number of hydrogen-bond donors (Lipinski definition) is 6. The molecule has 0 fully saturated rings. The van der Waals surface area contributed by atoms with Gasteiger partial charge in [-0.25, -0.2) is 0 Å². The molecule has 2 aromatic carbocycles. The van der Waals surface area contributed by atoms with Crippen LogP contribution in [0.2, 0.25) is 0 Å². The highest BCUT2D eigenvalue weighted by Crippen LogP contribution is 2.28. The summed E-state index contributed by atoms with van der Waals surface area (Å²) >= 11 is 0. The van der Waals surface area contributed by atoms with E-state index in [1.807, 2.05) is 0 Å². The predicted octanol–water partition coefficient (Wildman–Crippen LogP) is 1.42. The monoisotopic (exact) mass is 392 g/mol. The predicted molar refractivity (Wildman–Crippen MR) is 105 cm³/mol. The number of benzene rings is 2. The number of ether oxygens (including phenoxy) is 2. The fourth-order valence-corrected chi connectivity index (χ4v) is 2.50. The lowest BCUT2D eigenvalue weighted by Crippen LogP contribution is -2.22. The van der Waals surface area contributed by atoms with Gasteiger partial charge < -0.3 is 40.5 Å². The zero-order chi connectivity index (χ0) is 20.2. The molecule has 0 amide bonds. The summed E-state index contributed by atoms with van der Waals surface area (Å²) < 4.78 is 10.9. The van der Waals surface area contributed by atoms with Crippen LogP contribution in [-0.2, 0) is 22.6 Å². The van der Waals surface area contributed by atoms with Crippen LogP contribution >= 0.6 is 0 Å². The summed E-state index contributed by atoms with van der Waals surface area (Å²) in [5.41, 5.74) is 1.27. The Morgan fingerprint density at radius 2 is 1.04 bits per heavy atom. The smallest absolute Gasteiger partial charge is 0.161 e. The Bertz CT molecular complexity index is 664. The summed E-state index contributed by atoms with van der Waals surface area (Å²) in [4.78, 5) is 0. The van der Waals surface area contributed by atoms with Gasteiger partial charge in [0.2, 0.25) is 0 Å². The highest BCUT2D eigenvalue weighted by atomic mass is 16.5. The van der Waals surface area contributed by atoms with E-state index in [0.717, 1.165) is 0 Å². The minimum atomic E-state index is -0.124. The van der Waals surface area contributed by atoms with Crippen LogP contribution in [0.5, 0.6) is 23.0 Å². The van der Waals surface area contributed by atoms with Gasteiger partial charge in [0.25, 0.3) is 0 Å². The van der Waals surface area contributed by atoms with Gasteiger partial charge in [-0.2, -0.15) is 0 Å². The molecule has 0 atom stereocenters. The summed E-state index contributed by atoms with van der Waals surface area (Å²) in [6, 6.07) is 9.73. The van der Waals surface area contributed by atoms with Crippen molar-refractivity contribution in [2.24, 2.45) is 0 Å². The Kier molecular flexibility index (Phi) is 9.36. The number of nitrogens with one attached hydrogen (secondary N) is 2. The first-order valence-corrected chi connectivity index (χ1v) is 9.16. The van der Waals surface area contributed by atoms with E-state index < -0.39 is 0 Å². The molecule has 28 heavy (non-hydrogen) atoms. The Hall–Kier alpha value is -2.52. The second-order valence-electron chi connectivity index (χ2n) is 6.15. The van der Waals surface area contributed by atoms with Crippen molar-refractivity contribution >= 4 is 0 Å². The number of para-hydroxylation sites is 2. The molecule has 154 valence electrons. The van der Waals surface area contributed by atoms with Crippen molar-refractivity contribution < 1.29 is 29.9 Å². The summed E-state index contributed by atoms with van der Waals surface area (Å²) in [5, 5.41) is 44.5. The van der Waals surface area contributed by atoms with Gasteiger partial charge in [-0.3, -0.25) is 0 Å². The summed E-state index contributed by atoms with van der Waals surface area (Å²) in [5.74, 6) is -0.448. The lowest BCUT2D eigenvalue weighted by atomic mass is 10.2. The Balaban J connectivity index is 1.42. The van der Waals surface area contributed by atoms with Crippen molar-refractivity contribution in [2.45, 2.75) is 13.1 Å². The Morgan fingerprint density at radius 1 is 0.607 bits per heavy atom. The van der Waals surface area contributed by atoms with Crippen LogP contribution in [-0.4, -0.2) is 59.9 Å². The molecule has 0 saturated carbocycles. The molecular weight excluding hydrogens is 364 g/mol. The van der Waals surface area contributed by atoms with Crippen LogP contribution in [0.15, 0.2) is 36.4 Å². The average molecular weight is 392 g/mol. The molecule has 0 aliphatic heterocycles. The topological polar surface area (TPSA) is 123 Å². The van der Waals surface area contributed by atoms with E-state index in [4.69, 9.17) is 9.47 Å². The molecule has 0 aliphatic carbocycles. The molecule has 0 aliphatic rings. The molecule has 0 saturated heterocycles. The van der Waals surface area contributed by atoms with Gasteiger partial charge in [-0.15, -0.1) is 0 Å². The number of phenols is 4. The lowest BCUT2D eigenvalue weighted by molar-refractivity contribution is 0.0497. The van der Waals surface area contributed by atoms with Crippen molar-refractivity contribution in [1.29, 1.82) is 0 Å². The van der Waals surface area contributed by atoms with Crippen molar-refractivity contribution in [1.82, 2.24) is 10.6 Å². The molecule has 8 nitrogen and oxygen atoms in total. The van der Waals surface area contributed by atoms with Crippen molar-refractivity contribution in [3.05, 3.63) is 47.5 Å². The second-order valence-corrected chi connectivity index (χ2v) is 6.15. The summed E-state index contributed by atoms with van der Waals surface area (Å²) in [6.45, 7) is 4.10. The maximum Gasteiger partial charge on any atom is 0.161 e. The Labute approximate surface area is 164 Å². The Morgan fingerprint density at radius 3 is 1.46 bits per heavy atom. The minimum absolute atomic E-state index is 0.0998. The fourth-order valence-electron chi connectivity index (χ4n) is 2.50. The zero-order valence-electron chi connectivity index (χ0n) is 15.7. The number of phenolic OH excluding ortho intramolecular Hbond substituents is 4. The third-order valence-electron chi connectivity index (χ3n) is 4.05. The van der Waals surface area contributed by atoms with Crippen LogP contribution in [0.1, 0.15) is 11.1 Å². The SMILES string of the molecule is Oc1cccc(CNCCOCCOCCNCc2cccc(O)c2O)c1O. The lowest BCUT2D eigenvalue weighted by Gasteiger charge is -2.10. The maximum absolute atomic E-state index is 9.68. The number of aromatic hydroxyl groups is 4. The van der Waals surface area contributed by atoms with Crippen molar-refractivity contribution in [3.8, 4) is 23.0 Å². The minimum Gasteiger partial charge on any atom is -0.504 e. The highest BCUT2D eigenvalue weighted by Gasteiger charge is 2.05.